The van der Waals surface area contributed by atoms with Gasteiger partial charge in [0.15, 0.2) is 5.82 Å². The normalized spacial score (nSPS) is 12.0. The quantitative estimate of drug-likeness (QED) is 0.527. The Morgan fingerprint density at radius 3 is 2.72 bits per heavy atom. The van der Waals surface area contributed by atoms with E-state index in [2.05, 4.69) is 15.4 Å². The van der Waals surface area contributed by atoms with Crippen LogP contribution in [-0.2, 0) is 0 Å². The van der Waals surface area contributed by atoms with E-state index in [0.717, 1.165) is 16.8 Å². The molecule has 0 amide bonds. The summed E-state index contributed by atoms with van der Waals surface area (Å²) in [6.45, 7) is 1.92. The second-order valence-corrected chi connectivity index (χ2v) is 6.63. The molecule has 148 valence electrons. The molecule has 0 saturated heterocycles. The molecule has 1 atom stereocenters. The number of fused-ring (bicyclic) bond motifs is 1. The molecule has 2 heterocycles. The van der Waals surface area contributed by atoms with Gasteiger partial charge in [-0.2, -0.15) is 5.10 Å². The molecule has 1 N–H and O–H groups in total. The fourth-order valence-electron chi connectivity index (χ4n) is 3.38. The van der Waals surface area contributed by atoms with E-state index in [4.69, 9.17) is 9.47 Å². The van der Waals surface area contributed by atoms with Gasteiger partial charge in [0.05, 0.1) is 26.0 Å². The maximum Gasteiger partial charge on any atom is 0.152 e. The lowest BCUT2D eigenvalue weighted by atomic mass is 9.97. The van der Waals surface area contributed by atoms with Crippen LogP contribution in [0.4, 0.5) is 10.2 Å². The predicted molar refractivity (Wildman–Crippen MR) is 109 cm³/mol. The van der Waals surface area contributed by atoms with Gasteiger partial charge in [0.25, 0.3) is 0 Å². The average Bonchev–Trinajstić information content (AvgIpc) is 3.13. The molecule has 2 aromatic heterocycles. The number of methoxy groups -OCH3 is 2. The summed E-state index contributed by atoms with van der Waals surface area (Å²) < 4.78 is 26.8. The molecule has 0 aliphatic carbocycles. The first-order valence-electron chi connectivity index (χ1n) is 9.14. The van der Waals surface area contributed by atoms with Crippen molar-refractivity contribution in [1.29, 1.82) is 0 Å². The lowest BCUT2D eigenvalue weighted by molar-refractivity contribution is 0.406. The molecule has 6 nitrogen and oxygen atoms in total. The Morgan fingerprint density at radius 1 is 1.07 bits per heavy atom. The maximum absolute atomic E-state index is 14.2. The summed E-state index contributed by atoms with van der Waals surface area (Å²) >= 11 is 0. The monoisotopic (exact) mass is 392 g/mol. The number of nitrogens with one attached hydrogen (secondary N) is 1. The topological polar surface area (TPSA) is 60.7 Å². The van der Waals surface area contributed by atoms with Crippen LogP contribution < -0.4 is 14.8 Å². The van der Waals surface area contributed by atoms with Gasteiger partial charge in [0, 0.05) is 18.0 Å². The summed E-state index contributed by atoms with van der Waals surface area (Å²) in [4.78, 5) is 4.49. The molecule has 0 aliphatic rings. The van der Waals surface area contributed by atoms with Crippen molar-refractivity contribution in [3.63, 3.8) is 0 Å². The highest BCUT2D eigenvalue weighted by atomic mass is 19.1. The van der Waals surface area contributed by atoms with Crippen LogP contribution in [0.25, 0.3) is 5.52 Å². The van der Waals surface area contributed by atoms with Gasteiger partial charge in [-0.05, 0) is 48.9 Å². The number of aryl methyl sites for hydroxylation is 1. The zero-order chi connectivity index (χ0) is 20.4. The molecule has 1 unspecified atom stereocenters. The average molecular weight is 392 g/mol. The third-order valence-corrected chi connectivity index (χ3v) is 4.72. The second kappa shape index (κ2) is 7.79. The van der Waals surface area contributed by atoms with Gasteiger partial charge in [-0.25, -0.2) is 13.9 Å². The second-order valence-electron chi connectivity index (χ2n) is 6.63. The number of rotatable bonds is 6. The van der Waals surface area contributed by atoms with Crippen LogP contribution in [0.3, 0.4) is 0 Å². The fraction of sp³-hybridized carbons (Fsp3) is 0.182. The summed E-state index contributed by atoms with van der Waals surface area (Å²) in [6, 6.07) is 13.6. The first kappa shape index (κ1) is 18.7. The molecule has 4 aromatic rings. The van der Waals surface area contributed by atoms with E-state index in [9.17, 15) is 4.39 Å². The lowest BCUT2D eigenvalue weighted by Crippen LogP contribution is -2.15. The number of halogens is 1. The highest BCUT2D eigenvalue weighted by molar-refractivity contribution is 5.69. The highest BCUT2D eigenvalue weighted by Crippen LogP contribution is 2.35. The van der Waals surface area contributed by atoms with Crippen molar-refractivity contribution in [3.05, 3.63) is 83.6 Å². The standard InChI is InChI=1S/C22H21FN4O2/c1-14-11-19-22(24-9-10-27(19)26-14)25-21(15-5-4-6-17(12-15)28-2)18-13-16(23)7-8-20(18)29-3/h4-13,21H,1-3H3,(H,24,25). The molecule has 0 fully saturated rings. The van der Waals surface area contributed by atoms with Crippen LogP contribution in [0.1, 0.15) is 22.9 Å². The fourth-order valence-corrected chi connectivity index (χ4v) is 3.38. The number of nitrogens with zero attached hydrogens (tertiary/aromatic N) is 3. The molecule has 7 heteroatoms. The highest BCUT2D eigenvalue weighted by Gasteiger charge is 2.21. The summed E-state index contributed by atoms with van der Waals surface area (Å²) in [5.41, 5.74) is 3.24. The van der Waals surface area contributed by atoms with Crippen LogP contribution in [0.15, 0.2) is 60.9 Å². The van der Waals surface area contributed by atoms with E-state index < -0.39 is 6.04 Å². The van der Waals surface area contributed by atoms with Crippen molar-refractivity contribution in [2.24, 2.45) is 0 Å². The van der Waals surface area contributed by atoms with Crippen molar-refractivity contribution in [3.8, 4) is 11.5 Å². The molecular weight excluding hydrogens is 371 g/mol. The Kier molecular flexibility index (Phi) is 5.03. The molecular formula is C22H21FN4O2. The molecule has 0 saturated carbocycles. The van der Waals surface area contributed by atoms with Crippen LogP contribution >= 0.6 is 0 Å². The van der Waals surface area contributed by atoms with Crippen LogP contribution in [-0.4, -0.2) is 28.8 Å². The van der Waals surface area contributed by atoms with E-state index >= 15 is 0 Å². The predicted octanol–water partition coefficient (Wildman–Crippen LogP) is 4.40. The van der Waals surface area contributed by atoms with Gasteiger partial charge < -0.3 is 14.8 Å². The number of benzene rings is 2. The number of ether oxygens (including phenoxy) is 2. The Morgan fingerprint density at radius 2 is 1.93 bits per heavy atom. The summed E-state index contributed by atoms with van der Waals surface area (Å²) in [5, 5.41) is 7.88. The van der Waals surface area contributed by atoms with Gasteiger partial charge in [-0.3, -0.25) is 0 Å². The minimum Gasteiger partial charge on any atom is -0.497 e. The third kappa shape index (κ3) is 3.71. The molecule has 0 spiro atoms. The smallest absolute Gasteiger partial charge is 0.152 e. The summed E-state index contributed by atoms with van der Waals surface area (Å²) in [5.74, 6) is 1.56. The number of hydrogen-bond acceptors (Lipinski definition) is 5. The minimum absolute atomic E-state index is 0.345. The van der Waals surface area contributed by atoms with Crippen molar-refractivity contribution >= 4 is 11.3 Å². The Labute approximate surface area is 167 Å². The van der Waals surface area contributed by atoms with Gasteiger partial charge in [-0.15, -0.1) is 0 Å². The number of aromatic nitrogens is 3. The zero-order valence-electron chi connectivity index (χ0n) is 16.4. The Bertz CT molecular complexity index is 1160. The van der Waals surface area contributed by atoms with Crippen molar-refractivity contribution in [2.75, 3.05) is 19.5 Å². The van der Waals surface area contributed by atoms with Crippen LogP contribution in [0, 0.1) is 12.7 Å². The van der Waals surface area contributed by atoms with Gasteiger partial charge in [0.1, 0.15) is 22.8 Å². The van der Waals surface area contributed by atoms with Crippen LogP contribution in [0.5, 0.6) is 11.5 Å². The van der Waals surface area contributed by atoms with E-state index in [0.29, 0.717) is 22.9 Å². The van der Waals surface area contributed by atoms with Crippen LogP contribution in [0.2, 0.25) is 0 Å². The van der Waals surface area contributed by atoms with E-state index in [1.54, 1.807) is 37.2 Å². The molecule has 2 aromatic carbocycles. The maximum atomic E-state index is 14.2. The van der Waals surface area contributed by atoms with Crippen molar-refractivity contribution in [2.45, 2.75) is 13.0 Å². The molecule has 0 bridgehead atoms. The Balaban J connectivity index is 1.87. The van der Waals surface area contributed by atoms with E-state index in [-0.39, 0.29) is 5.82 Å². The lowest BCUT2D eigenvalue weighted by Gasteiger charge is -2.23. The van der Waals surface area contributed by atoms with Gasteiger partial charge >= 0.3 is 0 Å². The van der Waals surface area contributed by atoms with Gasteiger partial charge in [0.2, 0.25) is 0 Å². The first-order chi connectivity index (χ1) is 14.1. The SMILES string of the molecule is COc1cccc(C(Nc2nccn3nc(C)cc23)c2cc(F)ccc2OC)c1. The van der Waals surface area contributed by atoms with Crippen molar-refractivity contribution < 1.29 is 13.9 Å². The minimum atomic E-state index is -0.426. The zero-order valence-corrected chi connectivity index (χ0v) is 16.4. The van der Waals surface area contributed by atoms with Gasteiger partial charge in [-0.1, -0.05) is 12.1 Å². The van der Waals surface area contributed by atoms with E-state index in [1.807, 2.05) is 37.3 Å². The first-order valence-corrected chi connectivity index (χ1v) is 9.14. The third-order valence-electron chi connectivity index (χ3n) is 4.72. The number of hydrogen-bond donors (Lipinski definition) is 1. The summed E-state index contributed by atoms with van der Waals surface area (Å²) in [6.07, 6.45) is 3.46. The van der Waals surface area contributed by atoms with Crippen molar-refractivity contribution in [1.82, 2.24) is 14.6 Å². The molecule has 4 rings (SSSR count). The van der Waals surface area contributed by atoms with E-state index in [1.165, 1.54) is 12.1 Å². The molecule has 0 aliphatic heterocycles. The Hall–Kier alpha value is -3.61. The number of anilines is 1. The molecule has 0 radical (unpaired) electrons. The summed E-state index contributed by atoms with van der Waals surface area (Å²) in [7, 11) is 3.18. The molecule has 29 heavy (non-hydrogen) atoms. The largest absolute Gasteiger partial charge is 0.497 e.